The zero-order valence-corrected chi connectivity index (χ0v) is 17.9. The van der Waals surface area contributed by atoms with E-state index in [9.17, 15) is 26.5 Å². The number of nitrogens with zero attached hydrogens (tertiary/aromatic N) is 2. The van der Waals surface area contributed by atoms with Gasteiger partial charge in [-0.25, -0.2) is 8.78 Å². The molecule has 2 heterocycles. The molecule has 0 fully saturated rings. The quantitative estimate of drug-likeness (QED) is 0.481. The van der Waals surface area contributed by atoms with E-state index < -0.39 is 56.1 Å². The molecule has 0 radical (unpaired) electrons. The molecular formula is C20H17ClF5N3OS. The van der Waals surface area contributed by atoms with Crippen molar-refractivity contribution in [2.45, 2.75) is 30.8 Å². The molecule has 1 aliphatic rings. The van der Waals surface area contributed by atoms with Gasteiger partial charge in [0.05, 0.1) is 10.6 Å². The van der Waals surface area contributed by atoms with Crippen LogP contribution in [0.1, 0.15) is 42.3 Å². The first kappa shape index (κ1) is 23.5. The van der Waals surface area contributed by atoms with Crippen molar-refractivity contribution >= 4 is 40.5 Å². The van der Waals surface area contributed by atoms with Crippen LogP contribution in [0.5, 0.6) is 0 Å². The van der Waals surface area contributed by atoms with Gasteiger partial charge in [-0.05, 0) is 54.9 Å². The minimum atomic E-state index is -4.67. The monoisotopic (exact) mass is 477 g/mol. The molecule has 0 saturated heterocycles. The highest BCUT2D eigenvalue weighted by molar-refractivity contribution is 7.93. The van der Waals surface area contributed by atoms with E-state index in [0.29, 0.717) is 12.3 Å². The Balaban J connectivity index is 1.95. The Morgan fingerprint density at radius 1 is 1.32 bits per heavy atom. The summed E-state index contributed by atoms with van der Waals surface area (Å²) < 4.78 is 78.9. The average molecular weight is 478 g/mol. The molecule has 3 rings (SSSR count). The molecule has 1 aromatic heterocycles. The number of hydrogen-bond donors (Lipinski definition) is 1. The van der Waals surface area contributed by atoms with Crippen LogP contribution >= 0.6 is 11.6 Å². The molecular weight excluding hydrogens is 461 g/mol. The predicted octanol–water partition coefficient (Wildman–Crippen LogP) is 5.30. The number of hydrogen-bond acceptors (Lipinski definition) is 4. The van der Waals surface area contributed by atoms with Gasteiger partial charge in [-0.2, -0.15) is 13.2 Å². The fourth-order valence-electron chi connectivity index (χ4n) is 2.88. The van der Waals surface area contributed by atoms with Crippen LogP contribution in [0.15, 0.2) is 35.5 Å². The van der Waals surface area contributed by atoms with Gasteiger partial charge in [-0.1, -0.05) is 17.7 Å². The third-order valence-electron chi connectivity index (χ3n) is 4.86. The second kappa shape index (κ2) is 8.40. The highest BCUT2D eigenvalue weighted by atomic mass is 35.5. The molecule has 31 heavy (non-hydrogen) atoms. The van der Waals surface area contributed by atoms with Gasteiger partial charge < -0.3 is 10.3 Å². The lowest BCUT2D eigenvalue weighted by molar-refractivity contribution is -0.137. The number of aliphatic imine (C=N–C) groups is 1. The zero-order chi connectivity index (χ0) is 23.1. The van der Waals surface area contributed by atoms with Gasteiger partial charge in [0.15, 0.2) is 16.4 Å². The Bertz CT molecular complexity index is 1070. The lowest BCUT2D eigenvalue weighted by Gasteiger charge is -2.34. The maximum Gasteiger partial charge on any atom is 0.417 e. The lowest BCUT2D eigenvalue weighted by Crippen LogP contribution is -2.50. The van der Waals surface area contributed by atoms with Gasteiger partial charge in [0.25, 0.3) is 0 Å². The molecule has 2 unspecified atom stereocenters. The summed E-state index contributed by atoms with van der Waals surface area (Å²) in [5.41, 5.74) is 4.56. The normalized spacial score (nSPS) is 21.7. The van der Waals surface area contributed by atoms with Gasteiger partial charge in [-0.15, -0.1) is 0 Å². The summed E-state index contributed by atoms with van der Waals surface area (Å²) in [6.07, 6.45) is -3.24. The van der Waals surface area contributed by atoms with Crippen molar-refractivity contribution in [1.82, 2.24) is 4.98 Å². The van der Waals surface area contributed by atoms with E-state index in [1.807, 2.05) is 0 Å². The van der Waals surface area contributed by atoms with Crippen molar-refractivity contribution in [2.75, 3.05) is 5.75 Å². The standard InChI is InChI=1S/C20H17ClF5N3OS/c1-19(2)18(27)29-16(9-31(19)30)12-5-10(3-4-14(12)22)6-15(23)17-13(21)7-11(8-28-17)20(24,25)26/h3-8,16H,9H2,1-2H3,(H2,27,29)/b15-6-. The molecule has 0 bridgehead atoms. The number of rotatable bonds is 3. The fraction of sp³-hybridized carbons (Fsp3) is 0.300. The summed E-state index contributed by atoms with van der Waals surface area (Å²) in [6.45, 7) is 3.34. The Kier molecular flexibility index (Phi) is 6.37. The minimum absolute atomic E-state index is 0.0343. The summed E-state index contributed by atoms with van der Waals surface area (Å²) in [5.74, 6) is -1.49. The molecule has 2 N–H and O–H groups in total. The topological polar surface area (TPSA) is 74.3 Å². The number of benzene rings is 1. The summed E-state index contributed by atoms with van der Waals surface area (Å²) in [4.78, 5) is 7.71. The molecule has 166 valence electrons. The minimum Gasteiger partial charge on any atom is -0.616 e. The Labute approximate surface area is 183 Å². The van der Waals surface area contributed by atoms with Gasteiger partial charge >= 0.3 is 6.18 Å². The molecule has 2 atom stereocenters. The molecule has 0 amide bonds. The van der Waals surface area contributed by atoms with Gasteiger partial charge in [0, 0.05) is 11.8 Å². The molecule has 0 saturated carbocycles. The van der Waals surface area contributed by atoms with Crippen molar-refractivity contribution in [3.05, 3.63) is 63.7 Å². The van der Waals surface area contributed by atoms with Crippen molar-refractivity contribution in [3.8, 4) is 0 Å². The summed E-state index contributed by atoms with van der Waals surface area (Å²) in [6, 6.07) is 3.42. The largest absolute Gasteiger partial charge is 0.616 e. The van der Waals surface area contributed by atoms with Gasteiger partial charge in [0.2, 0.25) is 0 Å². The third-order valence-corrected chi connectivity index (χ3v) is 7.11. The number of pyridine rings is 1. The van der Waals surface area contributed by atoms with Crippen LogP contribution in [0.3, 0.4) is 0 Å². The van der Waals surface area contributed by atoms with Crippen LogP contribution in [-0.4, -0.2) is 25.9 Å². The summed E-state index contributed by atoms with van der Waals surface area (Å²) in [7, 11) is 0. The number of amidine groups is 1. The van der Waals surface area contributed by atoms with E-state index >= 15 is 0 Å². The van der Waals surface area contributed by atoms with E-state index in [4.69, 9.17) is 17.3 Å². The van der Waals surface area contributed by atoms with Crippen LogP contribution in [0.25, 0.3) is 11.9 Å². The summed E-state index contributed by atoms with van der Waals surface area (Å²) in [5, 5.41) is -0.520. The highest BCUT2D eigenvalue weighted by Gasteiger charge is 2.43. The van der Waals surface area contributed by atoms with Crippen LogP contribution < -0.4 is 5.73 Å². The van der Waals surface area contributed by atoms with E-state index in [2.05, 4.69) is 9.98 Å². The second-order valence-electron chi connectivity index (χ2n) is 7.38. The SMILES string of the molecule is CC1(C)C(N)=NC(c2cc(/C=C(\F)c3ncc(C(F)(F)F)cc3Cl)ccc2F)C[S+]1[O-]. The Hall–Kier alpha value is -2.17. The first-order valence-electron chi connectivity index (χ1n) is 8.92. The maximum atomic E-state index is 14.7. The number of nitrogens with two attached hydrogens (primary N) is 1. The molecule has 2 aromatic rings. The van der Waals surface area contributed by atoms with Crippen molar-refractivity contribution in [3.63, 3.8) is 0 Å². The molecule has 1 aliphatic heterocycles. The van der Waals surface area contributed by atoms with E-state index in [1.165, 1.54) is 12.1 Å². The van der Waals surface area contributed by atoms with Crippen molar-refractivity contribution < 1.29 is 26.5 Å². The highest BCUT2D eigenvalue weighted by Crippen LogP contribution is 2.35. The summed E-state index contributed by atoms with van der Waals surface area (Å²) >= 11 is 4.35. The predicted molar refractivity (Wildman–Crippen MR) is 111 cm³/mol. The van der Waals surface area contributed by atoms with Crippen LogP contribution in [0.4, 0.5) is 22.0 Å². The van der Waals surface area contributed by atoms with Crippen LogP contribution in [0, 0.1) is 5.82 Å². The number of aromatic nitrogens is 1. The smallest absolute Gasteiger partial charge is 0.417 e. The molecule has 11 heteroatoms. The third kappa shape index (κ3) is 4.86. The Morgan fingerprint density at radius 3 is 2.58 bits per heavy atom. The Morgan fingerprint density at radius 2 is 2.00 bits per heavy atom. The van der Waals surface area contributed by atoms with E-state index in [0.717, 1.165) is 12.1 Å². The van der Waals surface area contributed by atoms with Gasteiger partial charge in [0.1, 0.15) is 23.3 Å². The average Bonchev–Trinajstić information content (AvgIpc) is 2.66. The molecule has 1 aromatic carbocycles. The molecule has 0 aliphatic carbocycles. The number of halogens is 6. The first-order chi connectivity index (χ1) is 14.3. The second-order valence-corrected chi connectivity index (χ2v) is 9.83. The van der Waals surface area contributed by atoms with E-state index in [-0.39, 0.29) is 22.7 Å². The first-order valence-corrected chi connectivity index (χ1v) is 10.6. The van der Waals surface area contributed by atoms with Crippen LogP contribution in [-0.2, 0) is 17.4 Å². The lowest BCUT2D eigenvalue weighted by atomic mass is 10.0. The van der Waals surface area contributed by atoms with Crippen molar-refractivity contribution in [1.29, 1.82) is 0 Å². The molecule has 4 nitrogen and oxygen atoms in total. The van der Waals surface area contributed by atoms with Crippen LogP contribution in [0.2, 0.25) is 5.02 Å². The molecule has 0 spiro atoms. The number of alkyl halides is 3. The zero-order valence-electron chi connectivity index (χ0n) is 16.3. The maximum absolute atomic E-state index is 14.7. The van der Waals surface area contributed by atoms with Gasteiger partial charge in [-0.3, -0.25) is 9.98 Å². The van der Waals surface area contributed by atoms with Crippen molar-refractivity contribution in [2.24, 2.45) is 10.7 Å². The van der Waals surface area contributed by atoms with E-state index in [1.54, 1.807) is 13.8 Å². The fourth-order valence-corrected chi connectivity index (χ4v) is 4.38.